The maximum Gasteiger partial charge on any atom is 0.434 e. The Hall–Kier alpha value is -3.87. The molecule has 0 aromatic carbocycles. The highest BCUT2D eigenvalue weighted by atomic mass is 19.4. The lowest BCUT2D eigenvalue weighted by Gasteiger charge is -2.46. The average molecular weight is 513 g/mol. The van der Waals surface area contributed by atoms with Gasteiger partial charge in [-0.05, 0) is 18.9 Å². The molecule has 1 amide bonds. The van der Waals surface area contributed by atoms with Gasteiger partial charge in [-0.2, -0.15) is 18.3 Å². The normalized spacial score (nSPS) is 17.9. The molecule has 0 aliphatic carbocycles. The molecule has 2 aliphatic rings. The van der Waals surface area contributed by atoms with Crippen molar-refractivity contribution in [3.05, 3.63) is 66.5 Å². The van der Waals surface area contributed by atoms with Crippen LogP contribution < -0.4 is 0 Å². The standard InChI is InChI=1S/C24H21F4N8O/c25-18-8-31-22-17(1-4-30-22)21(18)14-7-32-36(11-14)16-12-35(13-16)15-2-5-34(6-3-15)23(37)19-9-29-10-20(33-19)24(26,27)28/h1,4,7-11,15H,2-3,5-6,12-13H2,(H,30,31). The second kappa shape index (κ2) is 8.91. The number of carbonyl (C=O) groups is 1. The highest BCUT2D eigenvalue weighted by molar-refractivity contribution is 5.93. The van der Waals surface area contributed by atoms with Crippen molar-refractivity contribution in [3.8, 4) is 11.1 Å². The van der Waals surface area contributed by atoms with Gasteiger partial charge in [0.25, 0.3) is 5.91 Å². The van der Waals surface area contributed by atoms with E-state index in [4.69, 9.17) is 0 Å². The third-order valence-electron chi connectivity index (χ3n) is 6.92. The van der Waals surface area contributed by atoms with Gasteiger partial charge in [0.15, 0.2) is 5.69 Å². The maximum atomic E-state index is 14.5. The molecule has 6 heterocycles. The van der Waals surface area contributed by atoms with Crippen molar-refractivity contribution in [2.24, 2.45) is 0 Å². The number of amides is 1. The van der Waals surface area contributed by atoms with E-state index in [0.29, 0.717) is 67.4 Å². The topological polar surface area (TPSA) is 95.8 Å². The van der Waals surface area contributed by atoms with Crippen molar-refractivity contribution in [2.75, 3.05) is 26.2 Å². The van der Waals surface area contributed by atoms with E-state index in [-0.39, 0.29) is 11.7 Å². The number of nitrogens with zero attached hydrogens (tertiary/aromatic N) is 7. The van der Waals surface area contributed by atoms with Crippen molar-refractivity contribution in [1.29, 1.82) is 0 Å². The number of hydrogen-bond donors (Lipinski definition) is 1. The Bertz CT molecular complexity index is 1450. The van der Waals surface area contributed by atoms with E-state index < -0.39 is 23.6 Å². The number of piperidine rings is 1. The number of halogens is 4. The Kier molecular flexibility index (Phi) is 5.66. The SMILES string of the molecule is O=C(c1cncc(C(F)(F)F)n1)N1CCC(N2C[C](n3cc(-c4c(F)cnc5[nH]ccc45)cn3)C2)CC1. The van der Waals surface area contributed by atoms with Crippen LogP contribution in [0.2, 0.25) is 0 Å². The number of likely N-dealkylation sites (tertiary alicyclic amines) is 2. The third kappa shape index (κ3) is 4.32. The average Bonchev–Trinajstić information content (AvgIpc) is 3.53. The van der Waals surface area contributed by atoms with E-state index in [1.165, 1.54) is 11.1 Å². The number of nitrogens with one attached hydrogen (secondary N) is 1. The first-order chi connectivity index (χ1) is 17.8. The van der Waals surface area contributed by atoms with Crippen LogP contribution >= 0.6 is 0 Å². The number of alkyl halides is 3. The fourth-order valence-electron chi connectivity index (χ4n) is 4.93. The third-order valence-corrected chi connectivity index (χ3v) is 6.92. The highest BCUT2D eigenvalue weighted by Crippen LogP contribution is 2.33. The highest BCUT2D eigenvalue weighted by Gasteiger charge is 2.38. The predicted molar refractivity (Wildman–Crippen MR) is 123 cm³/mol. The first kappa shape index (κ1) is 23.5. The summed E-state index contributed by atoms with van der Waals surface area (Å²) in [6, 6.07) is 3.10. The lowest BCUT2D eigenvalue weighted by Crippen LogP contribution is -2.56. The smallest absolute Gasteiger partial charge is 0.346 e. The van der Waals surface area contributed by atoms with E-state index in [0.717, 1.165) is 12.2 Å². The summed E-state index contributed by atoms with van der Waals surface area (Å²) in [5.74, 6) is -0.957. The zero-order valence-electron chi connectivity index (χ0n) is 19.4. The predicted octanol–water partition coefficient (Wildman–Crippen LogP) is 3.37. The zero-order chi connectivity index (χ0) is 25.7. The van der Waals surface area contributed by atoms with Gasteiger partial charge in [0.1, 0.15) is 23.2 Å². The summed E-state index contributed by atoms with van der Waals surface area (Å²) in [6.45, 7) is 2.23. The van der Waals surface area contributed by atoms with Crippen molar-refractivity contribution in [2.45, 2.75) is 25.1 Å². The molecule has 1 radical (unpaired) electrons. The monoisotopic (exact) mass is 513 g/mol. The van der Waals surface area contributed by atoms with Crippen LogP contribution in [-0.2, 0) is 6.18 Å². The number of rotatable bonds is 4. The Morgan fingerprint density at radius 1 is 1.08 bits per heavy atom. The van der Waals surface area contributed by atoms with Crippen molar-refractivity contribution in [3.63, 3.8) is 0 Å². The van der Waals surface area contributed by atoms with Gasteiger partial charge in [-0.1, -0.05) is 0 Å². The van der Waals surface area contributed by atoms with E-state index in [2.05, 4.69) is 29.9 Å². The number of fused-ring (bicyclic) bond motifs is 1. The van der Waals surface area contributed by atoms with Crippen LogP contribution in [0.5, 0.6) is 0 Å². The molecular weight excluding hydrogens is 492 g/mol. The molecule has 4 aromatic heterocycles. The number of H-pyrrole nitrogens is 1. The minimum absolute atomic E-state index is 0.243. The van der Waals surface area contributed by atoms with Crippen LogP contribution in [0.1, 0.15) is 29.0 Å². The molecule has 2 aliphatic heterocycles. The molecule has 0 spiro atoms. The molecule has 9 nitrogen and oxygen atoms in total. The Morgan fingerprint density at radius 3 is 2.62 bits per heavy atom. The van der Waals surface area contributed by atoms with Gasteiger partial charge in [0, 0.05) is 61.1 Å². The molecule has 0 atom stereocenters. The summed E-state index contributed by atoms with van der Waals surface area (Å²) in [5.41, 5.74) is 0.251. The maximum absolute atomic E-state index is 14.5. The number of aromatic amines is 1. The van der Waals surface area contributed by atoms with Gasteiger partial charge in [0.2, 0.25) is 0 Å². The van der Waals surface area contributed by atoms with Gasteiger partial charge in [-0.25, -0.2) is 14.4 Å². The molecule has 0 saturated carbocycles. The molecule has 37 heavy (non-hydrogen) atoms. The van der Waals surface area contributed by atoms with Gasteiger partial charge in [-0.15, -0.1) is 0 Å². The molecule has 191 valence electrons. The van der Waals surface area contributed by atoms with Crippen molar-refractivity contribution >= 4 is 16.9 Å². The number of hydrogen-bond acceptors (Lipinski definition) is 6. The zero-order valence-corrected chi connectivity index (χ0v) is 19.4. The molecule has 4 aromatic rings. The molecule has 1 N–H and O–H groups in total. The second-order valence-electron chi connectivity index (χ2n) is 9.18. The quantitative estimate of drug-likeness (QED) is 0.421. The van der Waals surface area contributed by atoms with Crippen molar-refractivity contribution in [1.82, 2.24) is 39.5 Å². The van der Waals surface area contributed by atoms with E-state index in [1.807, 2.05) is 6.20 Å². The largest absolute Gasteiger partial charge is 0.434 e. The van der Waals surface area contributed by atoms with Gasteiger partial charge in [0.05, 0.1) is 24.8 Å². The molecular formula is C24H21F4N8O. The Labute approximate surface area is 208 Å². The molecule has 0 bridgehead atoms. The van der Waals surface area contributed by atoms with Crippen LogP contribution in [0.3, 0.4) is 0 Å². The van der Waals surface area contributed by atoms with Gasteiger partial charge < -0.3 is 9.88 Å². The van der Waals surface area contributed by atoms with Gasteiger partial charge in [-0.3, -0.25) is 19.4 Å². The summed E-state index contributed by atoms with van der Waals surface area (Å²) in [5, 5.41) is 5.12. The number of aromatic nitrogens is 6. The van der Waals surface area contributed by atoms with E-state index >= 15 is 0 Å². The van der Waals surface area contributed by atoms with E-state index in [1.54, 1.807) is 23.1 Å². The minimum Gasteiger partial charge on any atom is -0.346 e. The Balaban J connectivity index is 1.05. The lowest BCUT2D eigenvalue weighted by molar-refractivity contribution is -0.141. The van der Waals surface area contributed by atoms with E-state index in [9.17, 15) is 22.4 Å². The summed E-state index contributed by atoms with van der Waals surface area (Å²) < 4.78 is 55.0. The van der Waals surface area contributed by atoms with Crippen molar-refractivity contribution < 1.29 is 22.4 Å². The molecule has 6 rings (SSSR count). The fraction of sp³-hybridized carbons (Fsp3) is 0.333. The van der Waals surface area contributed by atoms with Crippen LogP contribution in [0.15, 0.2) is 43.2 Å². The van der Waals surface area contributed by atoms with Crippen LogP contribution in [0, 0.1) is 11.9 Å². The first-order valence-corrected chi connectivity index (χ1v) is 11.7. The van der Waals surface area contributed by atoms with Crippen LogP contribution in [0.4, 0.5) is 17.6 Å². The molecule has 2 saturated heterocycles. The van der Waals surface area contributed by atoms with Crippen LogP contribution in [0.25, 0.3) is 22.2 Å². The van der Waals surface area contributed by atoms with Crippen LogP contribution in [-0.4, -0.2) is 77.6 Å². The molecule has 2 fully saturated rings. The molecule has 0 unspecified atom stereocenters. The number of carbonyl (C=O) groups excluding carboxylic acids is 1. The number of pyridine rings is 1. The molecule has 13 heteroatoms. The summed E-state index contributed by atoms with van der Waals surface area (Å²) in [6.07, 6.45) is 4.78. The lowest BCUT2D eigenvalue weighted by atomic mass is 9.97. The second-order valence-corrected chi connectivity index (χ2v) is 9.18. The fourth-order valence-corrected chi connectivity index (χ4v) is 4.93. The summed E-state index contributed by atoms with van der Waals surface area (Å²) >= 11 is 0. The Morgan fingerprint density at radius 2 is 1.86 bits per heavy atom. The minimum atomic E-state index is -4.65. The first-order valence-electron chi connectivity index (χ1n) is 11.7. The summed E-state index contributed by atoms with van der Waals surface area (Å²) in [4.78, 5) is 30.5. The summed E-state index contributed by atoms with van der Waals surface area (Å²) in [7, 11) is 0. The van der Waals surface area contributed by atoms with Gasteiger partial charge >= 0.3 is 6.18 Å².